The first-order valence-corrected chi connectivity index (χ1v) is 2.60. The second kappa shape index (κ2) is 3.80. The zero-order valence-electron chi connectivity index (χ0n) is 4.80. The van der Waals surface area contributed by atoms with Gasteiger partial charge in [-0.2, -0.15) is 5.26 Å². The molecule has 2 unspecified atom stereocenters. The van der Waals surface area contributed by atoms with Gasteiger partial charge in [0.05, 0.1) is 12.1 Å². The SMILES string of the molecule is Br.N#CC1CC(F)CN1. The first kappa shape index (κ1) is 8.86. The van der Waals surface area contributed by atoms with Gasteiger partial charge in [-0.15, -0.1) is 17.0 Å². The van der Waals surface area contributed by atoms with Crippen LogP contribution in [0.25, 0.3) is 0 Å². The Hall–Kier alpha value is -0.140. The van der Waals surface area contributed by atoms with Gasteiger partial charge in [0, 0.05) is 13.0 Å². The van der Waals surface area contributed by atoms with Crippen molar-refractivity contribution in [1.82, 2.24) is 5.32 Å². The fourth-order valence-electron chi connectivity index (χ4n) is 0.791. The summed E-state index contributed by atoms with van der Waals surface area (Å²) in [6.45, 7) is 0.345. The molecule has 9 heavy (non-hydrogen) atoms. The Kier molecular flexibility index (Phi) is 3.75. The number of nitrogens with one attached hydrogen (secondary N) is 1. The van der Waals surface area contributed by atoms with E-state index in [2.05, 4.69) is 5.32 Å². The van der Waals surface area contributed by atoms with Crippen LogP contribution < -0.4 is 5.32 Å². The molecule has 0 aromatic carbocycles. The van der Waals surface area contributed by atoms with Crippen LogP contribution in [0.1, 0.15) is 6.42 Å². The maximum Gasteiger partial charge on any atom is 0.115 e. The summed E-state index contributed by atoms with van der Waals surface area (Å²) in [5.74, 6) is 0. The van der Waals surface area contributed by atoms with E-state index in [4.69, 9.17) is 5.26 Å². The quantitative estimate of drug-likeness (QED) is 0.620. The Morgan fingerprint density at radius 1 is 1.67 bits per heavy atom. The number of hydrogen-bond acceptors (Lipinski definition) is 2. The number of hydrogen-bond donors (Lipinski definition) is 1. The average Bonchev–Trinajstić information content (AvgIpc) is 2.14. The van der Waals surface area contributed by atoms with E-state index in [0.717, 1.165) is 0 Å². The molecule has 0 bridgehead atoms. The minimum Gasteiger partial charge on any atom is -0.299 e. The average molecular weight is 195 g/mol. The van der Waals surface area contributed by atoms with E-state index in [1.165, 1.54) is 0 Å². The van der Waals surface area contributed by atoms with Crippen LogP contribution in [-0.2, 0) is 0 Å². The van der Waals surface area contributed by atoms with E-state index in [1.807, 2.05) is 6.07 Å². The standard InChI is InChI=1S/C5H7FN2.BrH/c6-4-1-5(2-7)8-3-4;/h4-5,8H,1,3H2;1H. The summed E-state index contributed by atoms with van der Waals surface area (Å²) in [4.78, 5) is 0. The molecule has 0 aliphatic carbocycles. The maximum absolute atomic E-state index is 12.1. The van der Waals surface area contributed by atoms with Gasteiger partial charge in [-0.3, -0.25) is 5.32 Å². The van der Waals surface area contributed by atoms with E-state index >= 15 is 0 Å². The van der Waals surface area contributed by atoms with E-state index in [-0.39, 0.29) is 23.0 Å². The Bertz CT molecular complexity index is 123. The minimum absolute atomic E-state index is 0. The van der Waals surface area contributed by atoms with Crippen LogP contribution in [0.15, 0.2) is 0 Å². The second-order valence-corrected chi connectivity index (χ2v) is 1.92. The summed E-state index contributed by atoms with van der Waals surface area (Å²) in [6.07, 6.45) is -0.448. The third-order valence-electron chi connectivity index (χ3n) is 1.23. The monoisotopic (exact) mass is 194 g/mol. The zero-order valence-corrected chi connectivity index (χ0v) is 6.52. The van der Waals surface area contributed by atoms with Crippen molar-refractivity contribution in [3.8, 4) is 6.07 Å². The van der Waals surface area contributed by atoms with Crippen LogP contribution in [0.2, 0.25) is 0 Å². The van der Waals surface area contributed by atoms with Crippen LogP contribution in [0.4, 0.5) is 4.39 Å². The highest BCUT2D eigenvalue weighted by Crippen LogP contribution is 2.07. The molecule has 0 aromatic heterocycles. The summed E-state index contributed by atoms with van der Waals surface area (Å²) < 4.78 is 12.1. The molecule has 0 aromatic rings. The molecular weight excluding hydrogens is 187 g/mol. The zero-order chi connectivity index (χ0) is 5.98. The predicted octanol–water partition coefficient (Wildman–Crippen LogP) is 0.788. The smallest absolute Gasteiger partial charge is 0.115 e. The van der Waals surface area contributed by atoms with Crippen molar-refractivity contribution in [3.05, 3.63) is 0 Å². The fraction of sp³-hybridized carbons (Fsp3) is 0.800. The van der Waals surface area contributed by atoms with Gasteiger partial charge in [-0.25, -0.2) is 4.39 Å². The Labute approximate surface area is 63.8 Å². The van der Waals surface area contributed by atoms with Gasteiger partial charge in [0.2, 0.25) is 0 Å². The number of nitrogens with zero attached hydrogens (tertiary/aromatic N) is 1. The highest BCUT2D eigenvalue weighted by Gasteiger charge is 2.22. The Morgan fingerprint density at radius 2 is 2.33 bits per heavy atom. The van der Waals surface area contributed by atoms with Crippen molar-refractivity contribution in [1.29, 1.82) is 5.26 Å². The second-order valence-electron chi connectivity index (χ2n) is 1.92. The maximum atomic E-state index is 12.1. The van der Waals surface area contributed by atoms with Crippen LogP contribution in [0.5, 0.6) is 0 Å². The van der Waals surface area contributed by atoms with Crippen molar-refractivity contribution in [2.75, 3.05) is 6.54 Å². The fourth-order valence-corrected chi connectivity index (χ4v) is 0.791. The van der Waals surface area contributed by atoms with Crippen LogP contribution in [0, 0.1) is 11.3 Å². The summed E-state index contributed by atoms with van der Waals surface area (Å²) in [5.41, 5.74) is 0. The molecule has 0 radical (unpaired) electrons. The van der Waals surface area contributed by atoms with Crippen molar-refractivity contribution in [2.45, 2.75) is 18.6 Å². The van der Waals surface area contributed by atoms with Crippen LogP contribution in [0.3, 0.4) is 0 Å². The predicted molar refractivity (Wildman–Crippen MR) is 37.2 cm³/mol. The van der Waals surface area contributed by atoms with Crippen molar-refractivity contribution in [2.24, 2.45) is 0 Å². The topological polar surface area (TPSA) is 35.8 Å². The molecule has 1 heterocycles. The Morgan fingerprint density at radius 3 is 2.56 bits per heavy atom. The minimum atomic E-state index is -0.806. The van der Waals surface area contributed by atoms with Gasteiger partial charge >= 0.3 is 0 Å². The van der Waals surface area contributed by atoms with Gasteiger partial charge in [0.1, 0.15) is 6.17 Å². The molecule has 2 nitrogen and oxygen atoms in total. The third kappa shape index (κ3) is 2.29. The molecular formula is C5H8BrFN2. The summed E-state index contributed by atoms with van der Waals surface area (Å²) in [7, 11) is 0. The first-order valence-electron chi connectivity index (χ1n) is 2.60. The Balaban J connectivity index is 0.000000640. The van der Waals surface area contributed by atoms with E-state index in [9.17, 15) is 4.39 Å². The molecule has 52 valence electrons. The lowest BCUT2D eigenvalue weighted by Gasteiger charge is -1.91. The number of rotatable bonds is 0. The molecule has 0 saturated carbocycles. The third-order valence-corrected chi connectivity index (χ3v) is 1.23. The lowest BCUT2D eigenvalue weighted by atomic mass is 10.2. The van der Waals surface area contributed by atoms with Gasteiger partial charge in [0.25, 0.3) is 0 Å². The largest absolute Gasteiger partial charge is 0.299 e. The van der Waals surface area contributed by atoms with Gasteiger partial charge in [0.15, 0.2) is 0 Å². The van der Waals surface area contributed by atoms with Crippen LogP contribution in [-0.4, -0.2) is 18.8 Å². The number of alkyl halides is 1. The molecule has 4 heteroatoms. The van der Waals surface area contributed by atoms with Crippen molar-refractivity contribution in [3.63, 3.8) is 0 Å². The highest BCUT2D eigenvalue weighted by molar-refractivity contribution is 8.93. The summed E-state index contributed by atoms with van der Waals surface area (Å²) >= 11 is 0. The van der Waals surface area contributed by atoms with Gasteiger partial charge < -0.3 is 0 Å². The number of nitriles is 1. The van der Waals surface area contributed by atoms with Crippen molar-refractivity contribution >= 4 is 17.0 Å². The van der Waals surface area contributed by atoms with Gasteiger partial charge in [-0.1, -0.05) is 0 Å². The molecule has 1 aliphatic rings. The molecule has 0 spiro atoms. The van der Waals surface area contributed by atoms with Crippen LogP contribution >= 0.6 is 17.0 Å². The highest BCUT2D eigenvalue weighted by atomic mass is 79.9. The van der Waals surface area contributed by atoms with E-state index in [1.54, 1.807) is 0 Å². The van der Waals surface area contributed by atoms with E-state index in [0.29, 0.717) is 13.0 Å². The molecule has 1 aliphatic heterocycles. The summed E-state index contributed by atoms with van der Waals surface area (Å²) in [6, 6.07) is 1.70. The molecule has 0 amide bonds. The molecule has 1 N–H and O–H groups in total. The molecule has 1 fully saturated rings. The first-order chi connectivity index (χ1) is 3.83. The normalized spacial score (nSPS) is 32.9. The molecule has 1 saturated heterocycles. The molecule has 2 atom stereocenters. The van der Waals surface area contributed by atoms with Gasteiger partial charge in [-0.05, 0) is 0 Å². The molecule has 1 rings (SSSR count). The lowest BCUT2D eigenvalue weighted by molar-refractivity contribution is 0.359. The van der Waals surface area contributed by atoms with Crippen molar-refractivity contribution < 1.29 is 4.39 Å². The number of halogens is 2. The van der Waals surface area contributed by atoms with E-state index < -0.39 is 6.17 Å². The summed E-state index contributed by atoms with van der Waals surface area (Å²) in [5, 5.41) is 10.9. The lowest BCUT2D eigenvalue weighted by Crippen LogP contribution is -2.18.